The van der Waals surface area contributed by atoms with Crippen molar-refractivity contribution in [3.8, 4) is 0 Å². The van der Waals surface area contributed by atoms with E-state index in [2.05, 4.69) is 4.98 Å². The van der Waals surface area contributed by atoms with Gasteiger partial charge in [0.05, 0.1) is 5.75 Å². The topological polar surface area (TPSA) is 50.3 Å². The van der Waals surface area contributed by atoms with Crippen LogP contribution in [-0.2, 0) is 16.4 Å². The molecule has 0 unspecified atom stereocenters. The van der Waals surface area contributed by atoms with Crippen LogP contribution >= 0.6 is 11.6 Å². The maximum absolute atomic E-state index is 12.5. The van der Waals surface area contributed by atoms with Gasteiger partial charge in [0, 0.05) is 30.9 Å². The summed E-state index contributed by atoms with van der Waals surface area (Å²) in [7, 11) is -3.28. The van der Waals surface area contributed by atoms with Crippen molar-refractivity contribution < 1.29 is 8.42 Å². The van der Waals surface area contributed by atoms with Crippen LogP contribution in [-0.4, -0.2) is 41.9 Å². The number of hydrogen-bond donors (Lipinski definition) is 0. The lowest BCUT2D eigenvalue weighted by molar-refractivity contribution is 0.316. The van der Waals surface area contributed by atoms with Crippen molar-refractivity contribution >= 4 is 21.6 Å². The molecule has 0 N–H and O–H groups in total. The lowest BCUT2D eigenvalue weighted by atomic mass is 10.2. The highest BCUT2D eigenvalue weighted by molar-refractivity contribution is 7.89. The highest BCUT2D eigenvalue weighted by Gasteiger charge is 2.27. The van der Waals surface area contributed by atoms with Crippen LogP contribution in [0.25, 0.3) is 0 Å². The number of aromatic nitrogens is 1. The lowest BCUT2D eigenvalue weighted by Gasteiger charge is -2.29. The Balaban J connectivity index is 2.77. The third-order valence-electron chi connectivity index (χ3n) is 3.41. The zero-order chi connectivity index (χ0) is 15.0. The molecule has 0 bridgehead atoms. The summed E-state index contributed by atoms with van der Waals surface area (Å²) in [5.74, 6) is 0.440. The summed E-state index contributed by atoms with van der Waals surface area (Å²) in [6.45, 7) is 4.40. The Morgan fingerprint density at radius 1 is 1.25 bits per heavy atom. The number of halogens is 1. The van der Waals surface area contributed by atoms with Gasteiger partial charge in [-0.2, -0.15) is 4.31 Å². The van der Waals surface area contributed by atoms with Crippen LogP contribution in [0.3, 0.4) is 0 Å². The molecule has 0 aliphatic heterocycles. The average Bonchev–Trinajstić information content (AvgIpc) is 2.46. The predicted molar refractivity (Wildman–Crippen MR) is 83.5 cm³/mol. The minimum absolute atomic E-state index is 0.0381. The predicted octanol–water partition coefficient (Wildman–Crippen LogP) is 2.68. The first-order valence-electron chi connectivity index (χ1n) is 6.99. The molecule has 1 aromatic heterocycles. The molecule has 4 nitrogen and oxygen atoms in total. The van der Waals surface area contributed by atoms with Crippen molar-refractivity contribution in [1.82, 2.24) is 9.29 Å². The number of sulfonamides is 1. The number of aryl methyl sites for hydroxylation is 1. The van der Waals surface area contributed by atoms with E-state index >= 15 is 0 Å². The number of hydrogen-bond acceptors (Lipinski definition) is 3. The first-order valence-corrected chi connectivity index (χ1v) is 9.13. The molecule has 0 fully saturated rings. The van der Waals surface area contributed by atoms with E-state index < -0.39 is 10.0 Å². The molecule has 0 amide bonds. The van der Waals surface area contributed by atoms with Gasteiger partial charge in [-0.15, -0.1) is 11.6 Å². The Kier molecular flexibility index (Phi) is 7.48. The number of pyridine rings is 1. The molecule has 0 saturated carbocycles. The Hall–Kier alpha value is -0.650. The Morgan fingerprint density at radius 3 is 2.35 bits per heavy atom. The smallest absolute Gasteiger partial charge is 0.214 e. The van der Waals surface area contributed by atoms with Gasteiger partial charge >= 0.3 is 0 Å². The van der Waals surface area contributed by atoms with Gasteiger partial charge in [0.15, 0.2) is 0 Å². The van der Waals surface area contributed by atoms with E-state index in [0.29, 0.717) is 18.8 Å². The van der Waals surface area contributed by atoms with Crippen LogP contribution in [0.15, 0.2) is 24.5 Å². The molecule has 0 saturated heterocycles. The highest BCUT2D eigenvalue weighted by atomic mass is 35.5. The molecule has 0 aliphatic rings. The second-order valence-electron chi connectivity index (χ2n) is 4.69. The molecule has 0 radical (unpaired) electrons. The van der Waals surface area contributed by atoms with Crippen LogP contribution < -0.4 is 0 Å². The third kappa shape index (κ3) is 5.04. The molecule has 20 heavy (non-hydrogen) atoms. The summed E-state index contributed by atoms with van der Waals surface area (Å²) in [5.41, 5.74) is 0.985. The van der Waals surface area contributed by atoms with Crippen LogP contribution in [0.2, 0.25) is 0 Å². The quantitative estimate of drug-likeness (QED) is 0.658. The molecule has 1 aromatic rings. The monoisotopic (exact) mass is 318 g/mol. The molecule has 1 heterocycles. The van der Waals surface area contributed by atoms with E-state index in [1.807, 2.05) is 26.0 Å². The van der Waals surface area contributed by atoms with Gasteiger partial charge in [0.1, 0.15) is 0 Å². The van der Waals surface area contributed by atoms with Crippen molar-refractivity contribution in [2.45, 2.75) is 39.2 Å². The second kappa shape index (κ2) is 8.60. The maximum Gasteiger partial charge on any atom is 0.214 e. The van der Waals surface area contributed by atoms with Gasteiger partial charge < -0.3 is 0 Å². The summed E-state index contributed by atoms with van der Waals surface area (Å²) in [5, 5.41) is 0. The van der Waals surface area contributed by atoms with Crippen LogP contribution in [0.5, 0.6) is 0 Å². The van der Waals surface area contributed by atoms with Crippen molar-refractivity contribution in [3.63, 3.8) is 0 Å². The zero-order valence-electron chi connectivity index (χ0n) is 12.1. The molecule has 0 spiro atoms. The summed E-state index contributed by atoms with van der Waals surface area (Å²) >= 11 is 5.76. The molecule has 114 valence electrons. The third-order valence-corrected chi connectivity index (χ3v) is 5.49. The van der Waals surface area contributed by atoms with Gasteiger partial charge in [0.2, 0.25) is 10.0 Å². The summed E-state index contributed by atoms with van der Waals surface area (Å²) in [6.07, 6.45) is 5.48. The molecule has 0 atom stereocenters. The van der Waals surface area contributed by atoms with E-state index in [1.54, 1.807) is 16.7 Å². The summed E-state index contributed by atoms with van der Waals surface area (Å²) < 4.78 is 26.6. The maximum atomic E-state index is 12.5. The largest absolute Gasteiger partial charge is 0.265 e. The average molecular weight is 319 g/mol. The number of alkyl halides is 1. The Morgan fingerprint density at radius 2 is 1.85 bits per heavy atom. The highest BCUT2D eigenvalue weighted by Crippen LogP contribution is 2.15. The van der Waals surface area contributed by atoms with Gasteiger partial charge in [-0.1, -0.05) is 13.8 Å². The van der Waals surface area contributed by atoms with Crippen LogP contribution in [0.4, 0.5) is 0 Å². The Bertz CT molecular complexity index is 475. The zero-order valence-corrected chi connectivity index (χ0v) is 13.7. The van der Waals surface area contributed by atoms with E-state index in [4.69, 9.17) is 11.6 Å². The molecule has 1 rings (SSSR count). The molecule has 0 aromatic carbocycles. The normalized spacial score (nSPS) is 12.2. The summed E-state index contributed by atoms with van der Waals surface area (Å²) in [6, 6.07) is 3.73. The summed E-state index contributed by atoms with van der Waals surface area (Å²) in [4.78, 5) is 3.93. The first-order chi connectivity index (χ1) is 9.55. The van der Waals surface area contributed by atoms with Gasteiger partial charge in [-0.05, 0) is 37.0 Å². The SMILES string of the molecule is CCC(CC)N(CCCl)S(=O)(=O)CCc1ccncc1. The molecule has 6 heteroatoms. The van der Waals surface area contributed by atoms with E-state index in [-0.39, 0.29) is 11.8 Å². The van der Waals surface area contributed by atoms with Crippen molar-refractivity contribution in [1.29, 1.82) is 0 Å². The fourth-order valence-electron chi connectivity index (χ4n) is 2.24. The minimum atomic E-state index is -3.28. The van der Waals surface area contributed by atoms with Crippen LogP contribution in [0, 0.1) is 0 Å². The molecular formula is C14H23ClN2O2S. The van der Waals surface area contributed by atoms with Gasteiger partial charge in [-0.3, -0.25) is 4.98 Å². The van der Waals surface area contributed by atoms with E-state index in [1.165, 1.54) is 0 Å². The van der Waals surface area contributed by atoms with Crippen molar-refractivity contribution in [3.05, 3.63) is 30.1 Å². The van der Waals surface area contributed by atoms with Crippen molar-refractivity contribution in [2.24, 2.45) is 0 Å². The van der Waals surface area contributed by atoms with E-state index in [0.717, 1.165) is 18.4 Å². The number of nitrogens with zero attached hydrogens (tertiary/aromatic N) is 2. The van der Waals surface area contributed by atoms with Gasteiger partial charge in [0.25, 0.3) is 0 Å². The standard InChI is InChI=1S/C14H23ClN2O2S/c1-3-14(4-2)17(11-8-15)20(18,19)12-7-13-5-9-16-10-6-13/h5-6,9-10,14H,3-4,7-8,11-12H2,1-2H3. The van der Waals surface area contributed by atoms with Crippen molar-refractivity contribution in [2.75, 3.05) is 18.2 Å². The fourth-order valence-corrected chi connectivity index (χ4v) is 4.37. The number of rotatable bonds is 9. The second-order valence-corrected chi connectivity index (χ2v) is 7.11. The lowest BCUT2D eigenvalue weighted by Crippen LogP contribution is -2.42. The van der Waals surface area contributed by atoms with Gasteiger partial charge in [-0.25, -0.2) is 8.42 Å². The first kappa shape index (κ1) is 17.4. The Labute approximate surface area is 127 Å². The fraction of sp³-hybridized carbons (Fsp3) is 0.643. The molecule has 0 aliphatic carbocycles. The minimum Gasteiger partial charge on any atom is -0.265 e. The molecular weight excluding hydrogens is 296 g/mol. The van der Waals surface area contributed by atoms with E-state index in [9.17, 15) is 8.42 Å². The van der Waals surface area contributed by atoms with Crippen LogP contribution in [0.1, 0.15) is 32.3 Å².